The van der Waals surface area contributed by atoms with Gasteiger partial charge < -0.3 is 0 Å². The minimum absolute atomic E-state index is 0.119. The van der Waals surface area contributed by atoms with Gasteiger partial charge in [-0.3, -0.25) is 4.98 Å². The molecule has 0 saturated carbocycles. The van der Waals surface area contributed by atoms with E-state index in [1.165, 1.54) is 0 Å². The maximum Gasteiger partial charge on any atom is 0.161 e. The molecule has 0 saturated heterocycles. The van der Waals surface area contributed by atoms with E-state index in [2.05, 4.69) is 20.9 Å². The van der Waals surface area contributed by atoms with Crippen molar-refractivity contribution >= 4 is 27.5 Å². The maximum atomic E-state index is 12.8. The molecule has 1 aromatic heterocycles. The fraction of sp³-hybridized carbons (Fsp3) is 0.375. The van der Waals surface area contributed by atoms with Crippen LogP contribution in [0.15, 0.2) is 10.7 Å². The van der Waals surface area contributed by atoms with Gasteiger partial charge in [0.1, 0.15) is 0 Å². The second kappa shape index (κ2) is 4.19. The second-order valence-electron chi connectivity index (χ2n) is 2.43. The normalized spacial score (nSPS) is 10.3. The van der Waals surface area contributed by atoms with Crippen molar-refractivity contribution in [3.63, 3.8) is 0 Å². The lowest BCUT2D eigenvalue weighted by Gasteiger charge is -2.03. The molecule has 4 heteroatoms. The molecular formula is C8H8BrClFN. The average molecular weight is 253 g/mol. The SMILES string of the molecule is CCCc1ncc(F)c(Cl)c1Br. The van der Waals surface area contributed by atoms with Crippen molar-refractivity contribution in [1.82, 2.24) is 4.98 Å². The number of pyridine rings is 1. The first-order valence-electron chi connectivity index (χ1n) is 3.65. The highest BCUT2D eigenvalue weighted by Gasteiger charge is 2.09. The lowest BCUT2D eigenvalue weighted by atomic mass is 10.2. The molecule has 66 valence electrons. The minimum atomic E-state index is -0.483. The quantitative estimate of drug-likeness (QED) is 0.784. The van der Waals surface area contributed by atoms with Gasteiger partial charge in [-0.2, -0.15) is 0 Å². The highest BCUT2D eigenvalue weighted by atomic mass is 79.9. The number of aromatic nitrogens is 1. The Morgan fingerprint density at radius 1 is 1.67 bits per heavy atom. The fourth-order valence-electron chi connectivity index (χ4n) is 0.891. The molecule has 0 aliphatic rings. The van der Waals surface area contributed by atoms with Gasteiger partial charge in [0, 0.05) is 0 Å². The number of aryl methyl sites for hydroxylation is 1. The first kappa shape index (κ1) is 9.93. The zero-order valence-electron chi connectivity index (χ0n) is 6.57. The molecule has 0 radical (unpaired) electrons. The zero-order chi connectivity index (χ0) is 9.14. The summed E-state index contributed by atoms with van der Waals surface area (Å²) in [5, 5.41) is 0.119. The van der Waals surface area contributed by atoms with Crippen LogP contribution in [0.2, 0.25) is 5.02 Å². The van der Waals surface area contributed by atoms with Crippen molar-refractivity contribution in [2.24, 2.45) is 0 Å². The van der Waals surface area contributed by atoms with Crippen LogP contribution in [0.25, 0.3) is 0 Å². The Morgan fingerprint density at radius 2 is 2.33 bits per heavy atom. The molecule has 12 heavy (non-hydrogen) atoms. The molecule has 1 nitrogen and oxygen atoms in total. The maximum absolute atomic E-state index is 12.8. The van der Waals surface area contributed by atoms with Gasteiger partial charge in [-0.1, -0.05) is 24.9 Å². The largest absolute Gasteiger partial charge is 0.257 e. The Morgan fingerprint density at radius 3 is 2.92 bits per heavy atom. The van der Waals surface area contributed by atoms with Crippen LogP contribution in [-0.4, -0.2) is 4.98 Å². The molecule has 1 heterocycles. The Kier molecular flexibility index (Phi) is 3.47. The number of nitrogens with zero attached hydrogens (tertiary/aromatic N) is 1. The van der Waals surface area contributed by atoms with Crippen molar-refractivity contribution in [1.29, 1.82) is 0 Å². The van der Waals surface area contributed by atoms with Crippen LogP contribution in [-0.2, 0) is 6.42 Å². The van der Waals surface area contributed by atoms with Gasteiger partial charge in [0.05, 0.1) is 21.4 Å². The van der Waals surface area contributed by atoms with Crippen LogP contribution in [0, 0.1) is 5.82 Å². The van der Waals surface area contributed by atoms with Gasteiger partial charge in [0.2, 0.25) is 0 Å². The molecule has 0 aliphatic carbocycles. The topological polar surface area (TPSA) is 12.9 Å². The minimum Gasteiger partial charge on any atom is -0.257 e. The van der Waals surface area contributed by atoms with Crippen molar-refractivity contribution in [3.8, 4) is 0 Å². The summed E-state index contributed by atoms with van der Waals surface area (Å²) in [6.45, 7) is 2.03. The summed E-state index contributed by atoms with van der Waals surface area (Å²) in [6.07, 6.45) is 2.92. The van der Waals surface area contributed by atoms with E-state index >= 15 is 0 Å². The lowest BCUT2D eigenvalue weighted by molar-refractivity contribution is 0.617. The third kappa shape index (κ3) is 1.96. The van der Waals surface area contributed by atoms with E-state index in [0.29, 0.717) is 4.47 Å². The molecule has 0 amide bonds. The van der Waals surface area contributed by atoms with Crippen LogP contribution < -0.4 is 0 Å². The van der Waals surface area contributed by atoms with E-state index in [1.807, 2.05) is 6.92 Å². The van der Waals surface area contributed by atoms with E-state index < -0.39 is 5.82 Å². The average Bonchev–Trinajstić information content (AvgIpc) is 2.07. The summed E-state index contributed by atoms with van der Waals surface area (Å²) in [6, 6.07) is 0. The Bertz CT molecular complexity index is 291. The predicted octanol–water partition coefficient (Wildman–Crippen LogP) is 3.59. The van der Waals surface area contributed by atoms with E-state index in [1.54, 1.807) is 0 Å². The molecule has 1 rings (SSSR count). The summed E-state index contributed by atoms with van der Waals surface area (Å²) in [4.78, 5) is 3.92. The highest BCUT2D eigenvalue weighted by molar-refractivity contribution is 9.10. The molecule has 0 fully saturated rings. The van der Waals surface area contributed by atoms with Gasteiger partial charge >= 0.3 is 0 Å². The molecule has 0 N–H and O–H groups in total. The molecule has 0 unspecified atom stereocenters. The smallest absolute Gasteiger partial charge is 0.161 e. The lowest BCUT2D eigenvalue weighted by Crippen LogP contribution is -1.93. The van der Waals surface area contributed by atoms with E-state index in [9.17, 15) is 4.39 Å². The van der Waals surface area contributed by atoms with Crippen molar-refractivity contribution in [2.75, 3.05) is 0 Å². The number of rotatable bonds is 2. The Hall–Kier alpha value is -0.150. The Labute approximate surface area is 84.1 Å². The second-order valence-corrected chi connectivity index (χ2v) is 3.60. The van der Waals surface area contributed by atoms with Crippen molar-refractivity contribution in [2.45, 2.75) is 19.8 Å². The molecule has 0 bridgehead atoms. The van der Waals surface area contributed by atoms with Crippen LogP contribution in [0.1, 0.15) is 19.0 Å². The van der Waals surface area contributed by atoms with Crippen LogP contribution in [0.4, 0.5) is 4.39 Å². The van der Waals surface area contributed by atoms with Gasteiger partial charge in [-0.15, -0.1) is 0 Å². The molecule has 0 aromatic carbocycles. The van der Waals surface area contributed by atoms with Gasteiger partial charge in [0.15, 0.2) is 5.82 Å². The molecule has 0 atom stereocenters. The number of hydrogen-bond donors (Lipinski definition) is 0. The monoisotopic (exact) mass is 251 g/mol. The van der Waals surface area contributed by atoms with E-state index in [-0.39, 0.29) is 5.02 Å². The fourth-order valence-corrected chi connectivity index (χ4v) is 1.54. The first-order chi connectivity index (χ1) is 5.66. The number of hydrogen-bond acceptors (Lipinski definition) is 1. The first-order valence-corrected chi connectivity index (χ1v) is 4.82. The zero-order valence-corrected chi connectivity index (χ0v) is 8.91. The highest BCUT2D eigenvalue weighted by Crippen LogP contribution is 2.27. The Balaban J connectivity index is 3.08. The van der Waals surface area contributed by atoms with Gasteiger partial charge in [-0.25, -0.2) is 4.39 Å². The van der Waals surface area contributed by atoms with Crippen molar-refractivity contribution in [3.05, 3.63) is 27.2 Å². The molecular weight excluding hydrogens is 244 g/mol. The van der Waals surface area contributed by atoms with Crippen molar-refractivity contribution < 1.29 is 4.39 Å². The molecule has 0 aliphatic heterocycles. The third-order valence-electron chi connectivity index (χ3n) is 1.48. The summed E-state index contributed by atoms with van der Waals surface area (Å²) >= 11 is 8.85. The predicted molar refractivity (Wildman–Crippen MR) is 50.9 cm³/mol. The van der Waals surface area contributed by atoms with Gasteiger partial charge in [0.25, 0.3) is 0 Å². The standard InChI is InChI=1S/C8H8BrClFN/c1-2-3-6-7(9)8(10)5(11)4-12-6/h4H,2-3H2,1H3. The van der Waals surface area contributed by atoms with Crippen LogP contribution in [0.3, 0.4) is 0 Å². The number of halogens is 3. The molecule has 1 aromatic rings. The summed E-state index contributed by atoms with van der Waals surface area (Å²) in [5.74, 6) is -0.483. The summed E-state index contributed by atoms with van der Waals surface area (Å²) < 4.78 is 13.4. The van der Waals surface area contributed by atoms with Gasteiger partial charge in [-0.05, 0) is 22.4 Å². The summed E-state index contributed by atoms with van der Waals surface area (Å²) in [5.41, 5.74) is 0.809. The van der Waals surface area contributed by atoms with E-state index in [4.69, 9.17) is 11.6 Å². The third-order valence-corrected chi connectivity index (χ3v) is 2.93. The van der Waals surface area contributed by atoms with Crippen LogP contribution >= 0.6 is 27.5 Å². The molecule has 0 spiro atoms. The van der Waals surface area contributed by atoms with Crippen LogP contribution in [0.5, 0.6) is 0 Å². The summed E-state index contributed by atoms with van der Waals surface area (Å²) in [7, 11) is 0. The van der Waals surface area contributed by atoms with E-state index in [0.717, 1.165) is 24.7 Å².